The SMILES string of the molecule is C.N[C@H](Cc1c[nH]c2ccccc12)C(=O)O. The highest BCUT2D eigenvalue weighted by atomic mass is 16.4. The lowest BCUT2D eigenvalue weighted by Gasteiger charge is -2.04. The van der Waals surface area contributed by atoms with Crippen LogP contribution in [0.15, 0.2) is 30.5 Å². The molecule has 0 radical (unpaired) electrons. The van der Waals surface area contributed by atoms with Crippen LogP contribution in [0.25, 0.3) is 10.9 Å². The normalized spacial score (nSPS) is 12.1. The molecule has 0 fully saturated rings. The summed E-state index contributed by atoms with van der Waals surface area (Å²) in [6.07, 6.45) is 2.16. The van der Waals surface area contributed by atoms with Gasteiger partial charge in [0.2, 0.25) is 0 Å². The van der Waals surface area contributed by atoms with Crippen molar-refractivity contribution in [3.8, 4) is 0 Å². The van der Waals surface area contributed by atoms with Gasteiger partial charge in [-0.2, -0.15) is 0 Å². The van der Waals surface area contributed by atoms with Gasteiger partial charge in [0, 0.05) is 23.5 Å². The molecule has 0 saturated carbocycles. The first-order valence-electron chi connectivity index (χ1n) is 4.72. The first-order chi connectivity index (χ1) is 7.18. The molecule has 2 aromatic rings. The van der Waals surface area contributed by atoms with Crippen molar-refractivity contribution in [2.45, 2.75) is 19.9 Å². The molecule has 0 aliphatic heterocycles. The zero-order valence-electron chi connectivity index (χ0n) is 8.10. The number of para-hydroxylation sites is 1. The molecule has 0 saturated heterocycles. The van der Waals surface area contributed by atoms with Crippen LogP contribution >= 0.6 is 0 Å². The first kappa shape index (κ1) is 12.3. The number of rotatable bonds is 3. The lowest BCUT2D eigenvalue weighted by atomic mass is 10.1. The van der Waals surface area contributed by atoms with Gasteiger partial charge in [-0.3, -0.25) is 4.79 Å². The molecule has 0 aliphatic carbocycles. The number of fused-ring (bicyclic) bond motifs is 1. The van der Waals surface area contributed by atoms with Gasteiger partial charge in [0.05, 0.1) is 0 Å². The highest BCUT2D eigenvalue weighted by molar-refractivity contribution is 5.84. The van der Waals surface area contributed by atoms with Crippen molar-refractivity contribution < 1.29 is 9.90 Å². The fraction of sp³-hybridized carbons (Fsp3) is 0.250. The monoisotopic (exact) mass is 220 g/mol. The van der Waals surface area contributed by atoms with E-state index in [1.54, 1.807) is 0 Å². The maximum atomic E-state index is 10.6. The van der Waals surface area contributed by atoms with Gasteiger partial charge in [0.15, 0.2) is 0 Å². The summed E-state index contributed by atoms with van der Waals surface area (Å²) in [6, 6.07) is 6.91. The maximum absolute atomic E-state index is 10.6. The van der Waals surface area contributed by atoms with Crippen molar-refractivity contribution in [3.63, 3.8) is 0 Å². The van der Waals surface area contributed by atoms with E-state index < -0.39 is 12.0 Å². The third kappa shape index (κ3) is 2.23. The Bertz CT molecular complexity index is 490. The zero-order chi connectivity index (χ0) is 10.8. The van der Waals surface area contributed by atoms with E-state index in [1.165, 1.54) is 0 Å². The van der Waals surface area contributed by atoms with Crippen molar-refractivity contribution in [3.05, 3.63) is 36.0 Å². The zero-order valence-corrected chi connectivity index (χ0v) is 8.10. The van der Waals surface area contributed by atoms with Gasteiger partial charge in [-0.05, 0) is 11.6 Å². The smallest absolute Gasteiger partial charge is 0.320 e. The molecule has 0 bridgehead atoms. The number of carboxylic acid groups (broad SMARTS) is 1. The molecule has 4 N–H and O–H groups in total. The number of nitrogens with two attached hydrogens (primary N) is 1. The van der Waals surface area contributed by atoms with E-state index in [0.717, 1.165) is 16.5 Å². The molecule has 4 heteroatoms. The Kier molecular flexibility index (Phi) is 3.68. The Balaban J connectivity index is 0.00000128. The van der Waals surface area contributed by atoms with Gasteiger partial charge in [-0.1, -0.05) is 25.6 Å². The molecular formula is C12H16N2O2. The number of carboxylic acids is 1. The Labute approximate surface area is 94.1 Å². The molecule has 0 spiro atoms. The molecular weight excluding hydrogens is 204 g/mol. The summed E-state index contributed by atoms with van der Waals surface area (Å²) in [5, 5.41) is 9.75. The summed E-state index contributed by atoms with van der Waals surface area (Å²) < 4.78 is 0. The van der Waals surface area contributed by atoms with Crippen molar-refractivity contribution in [2.75, 3.05) is 0 Å². The minimum atomic E-state index is -0.972. The van der Waals surface area contributed by atoms with Gasteiger partial charge in [-0.15, -0.1) is 0 Å². The molecule has 1 atom stereocenters. The number of aliphatic carboxylic acids is 1. The fourth-order valence-electron chi connectivity index (χ4n) is 1.62. The van der Waals surface area contributed by atoms with E-state index >= 15 is 0 Å². The van der Waals surface area contributed by atoms with Crippen LogP contribution in [0, 0.1) is 0 Å². The van der Waals surface area contributed by atoms with Crippen molar-refractivity contribution in [1.29, 1.82) is 0 Å². The number of hydrogen-bond donors (Lipinski definition) is 3. The van der Waals surface area contributed by atoms with Crippen LogP contribution in [-0.2, 0) is 11.2 Å². The van der Waals surface area contributed by atoms with E-state index in [4.69, 9.17) is 10.8 Å². The van der Waals surface area contributed by atoms with Crippen molar-refractivity contribution >= 4 is 16.9 Å². The topological polar surface area (TPSA) is 79.1 Å². The molecule has 1 aromatic carbocycles. The van der Waals surface area contributed by atoms with Crippen LogP contribution in [0.5, 0.6) is 0 Å². The van der Waals surface area contributed by atoms with E-state index in [1.807, 2.05) is 30.5 Å². The predicted molar refractivity (Wildman–Crippen MR) is 64.3 cm³/mol. The van der Waals surface area contributed by atoms with Crippen LogP contribution in [0.3, 0.4) is 0 Å². The first-order valence-corrected chi connectivity index (χ1v) is 4.72. The molecule has 0 amide bonds. The van der Waals surface area contributed by atoms with Crippen LogP contribution < -0.4 is 5.73 Å². The summed E-state index contributed by atoms with van der Waals surface area (Å²) in [7, 11) is 0. The van der Waals surface area contributed by atoms with E-state index in [-0.39, 0.29) is 7.43 Å². The number of aromatic amines is 1. The largest absolute Gasteiger partial charge is 0.480 e. The minimum Gasteiger partial charge on any atom is -0.480 e. The summed E-state index contributed by atoms with van der Waals surface area (Å²) in [5.74, 6) is -0.972. The highest BCUT2D eigenvalue weighted by Gasteiger charge is 2.14. The fourth-order valence-corrected chi connectivity index (χ4v) is 1.62. The van der Waals surface area contributed by atoms with Gasteiger partial charge < -0.3 is 15.8 Å². The number of H-pyrrole nitrogens is 1. The Morgan fingerprint density at radius 2 is 2.12 bits per heavy atom. The summed E-state index contributed by atoms with van der Waals surface area (Å²) >= 11 is 0. The second-order valence-electron chi connectivity index (χ2n) is 3.51. The molecule has 4 nitrogen and oxygen atoms in total. The third-order valence-corrected chi connectivity index (χ3v) is 2.43. The molecule has 2 rings (SSSR count). The van der Waals surface area contributed by atoms with Gasteiger partial charge in [0.1, 0.15) is 6.04 Å². The van der Waals surface area contributed by atoms with E-state index in [9.17, 15) is 4.79 Å². The summed E-state index contributed by atoms with van der Waals surface area (Å²) in [4.78, 5) is 13.7. The Morgan fingerprint density at radius 1 is 1.44 bits per heavy atom. The minimum absolute atomic E-state index is 0. The lowest BCUT2D eigenvalue weighted by Crippen LogP contribution is -2.32. The molecule has 86 valence electrons. The van der Waals surface area contributed by atoms with Gasteiger partial charge in [0.25, 0.3) is 0 Å². The van der Waals surface area contributed by atoms with Crippen molar-refractivity contribution in [1.82, 2.24) is 4.98 Å². The van der Waals surface area contributed by atoms with Gasteiger partial charge in [-0.25, -0.2) is 0 Å². The second-order valence-corrected chi connectivity index (χ2v) is 3.51. The number of benzene rings is 1. The number of nitrogens with one attached hydrogen (secondary N) is 1. The Hall–Kier alpha value is -1.81. The second kappa shape index (κ2) is 4.81. The predicted octanol–water partition coefficient (Wildman–Crippen LogP) is 1.76. The number of aromatic nitrogens is 1. The standard InChI is InChI=1S/C11H12N2O2.CH4/c12-9(11(14)15)5-7-6-13-10-4-2-1-3-8(7)10;/h1-4,6,9,13H,5,12H2,(H,14,15);1H4/t9-;/m1./s1. The quantitative estimate of drug-likeness (QED) is 0.737. The van der Waals surface area contributed by atoms with Crippen LogP contribution in [0.2, 0.25) is 0 Å². The van der Waals surface area contributed by atoms with Crippen LogP contribution in [0.1, 0.15) is 13.0 Å². The van der Waals surface area contributed by atoms with Crippen LogP contribution in [0.4, 0.5) is 0 Å². The molecule has 0 unspecified atom stereocenters. The summed E-state index contributed by atoms with van der Waals surface area (Å²) in [5.41, 5.74) is 7.43. The van der Waals surface area contributed by atoms with Gasteiger partial charge >= 0.3 is 5.97 Å². The average Bonchev–Trinajstić information content (AvgIpc) is 2.62. The number of carbonyl (C=O) groups is 1. The molecule has 1 heterocycles. The Morgan fingerprint density at radius 3 is 2.81 bits per heavy atom. The highest BCUT2D eigenvalue weighted by Crippen LogP contribution is 2.18. The van der Waals surface area contributed by atoms with Crippen molar-refractivity contribution in [2.24, 2.45) is 5.73 Å². The number of hydrogen-bond acceptors (Lipinski definition) is 2. The van der Waals surface area contributed by atoms with E-state index in [0.29, 0.717) is 6.42 Å². The van der Waals surface area contributed by atoms with E-state index in [2.05, 4.69) is 4.98 Å². The molecule has 1 aromatic heterocycles. The average molecular weight is 220 g/mol. The molecule has 16 heavy (non-hydrogen) atoms. The maximum Gasteiger partial charge on any atom is 0.320 e. The summed E-state index contributed by atoms with van der Waals surface area (Å²) in [6.45, 7) is 0. The molecule has 0 aliphatic rings. The third-order valence-electron chi connectivity index (χ3n) is 2.43. The lowest BCUT2D eigenvalue weighted by molar-refractivity contribution is -0.138. The van der Waals surface area contributed by atoms with Crippen LogP contribution in [-0.4, -0.2) is 22.1 Å².